The molecule has 150 valence electrons. The molecule has 2 heterocycles. The summed E-state index contributed by atoms with van der Waals surface area (Å²) in [7, 11) is 1.61. The number of hydrogen-bond donors (Lipinski definition) is 1. The zero-order chi connectivity index (χ0) is 19.2. The van der Waals surface area contributed by atoms with Crippen LogP contribution >= 0.6 is 0 Å². The van der Waals surface area contributed by atoms with Crippen LogP contribution in [0.3, 0.4) is 0 Å². The summed E-state index contributed by atoms with van der Waals surface area (Å²) < 4.78 is 10.9. The molecule has 1 amide bonds. The van der Waals surface area contributed by atoms with Crippen LogP contribution in [0.2, 0.25) is 0 Å². The maximum Gasteiger partial charge on any atom is 0.225 e. The quantitative estimate of drug-likeness (QED) is 0.813. The normalized spacial score (nSPS) is 26.1. The fraction of sp³-hybridized carbons (Fsp3) is 0.700. The van der Waals surface area contributed by atoms with Crippen LogP contribution in [-0.2, 0) is 9.53 Å². The van der Waals surface area contributed by atoms with Crippen molar-refractivity contribution in [3.05, 3.63) is 18.3 Å². The van der Waals surface area contributed by atoms with Crippen molar-refractivity contribution in [1.82, 2.24) is 9.88 Å². The molecule has 2 aliphatic rings. The smallest absolute Gasteiger partial charge is 0.225 e. The van der Waals surface area contributed by atoms with Gasteiger partial charge in [0.15, 0.2) is 0 Å². The second-order valence-electron chi connectivity index (χ2n) is 7.45. The number of nitrogens with zero attached hydrogens (tertiary/aromatic N) is 3. The third kappa shape index (κ3) is 4.90. The number of carbonyl (C=O) groups is 1. The molecule has 7 nitrogen and oxygen atoms in total. The number of methoxy groups -OCH3 is 1. The minimum Gasteiger partial charge on any atom is -0.481 e. The highest BCUT2D eigenvalue weighted by Crippen LogP contribution is 2.28. The molecule has 0 radical (unpaired) electrons. The molecule has 2 fully saturated rings. The highest BCUT2D eigenvalue weighted by molar-refractivity contribution is 5.79. The zero-order valence-corrected chi connectivity index (χ0v) is 16.5. The first kappa shape index (κ1) is 19.9. The number of rotatable bonds is 6. The van der Waals surface area contributed by atoms with Crippen LogP contribution in [0.15, 0.2) is 18.3 Å². The Morgan fingerprint density at radius 3 is 2.63 bits per heavy atom. The highest BCUT2D eigenvalue weighted by Gasteiger charge is 2.35. The van der Waals surface area contributed by atoms with Crippen molar-refractivity contribution < 1.29 is 14.3 Å². The van der Waals surface area contributed by atoms with Crippen LogP contribution in [0.5, 0.6) is 5.88 Å². The van der Waals surface area contributed by atoms with Gasteiger partial charge >= 0.3 is 0 Å². The Morgan fingerprint density at radius 2 is 2.04 bits per heavy atom. The number of amides is 1. The van der Waals surface area contributed by atoms with E-state index in [-0.39, 0.29) is 24.0 Å². The second kappa shape index (κ2) is 9.37. The van der Waals surface area contributed by atoms with E-state index in [4.69, 9.17) is 15.2 Å². The van der Waals surface area contributed by atoms with Gasteiger partial charge < -0.3 is 25.0 Å². The monoisotopic (exact) mass is 376 g/mol. The highest BCUT2D eigenvalue weighted by atomic mass is 16.5. The predicted molar refractivity (Wildman–Crippen MR) is 105 cm³/mol. The summed E-state index contributed by atoms with van der Waals surface area (Å²) in [5.41, 5.74) is 7.35. The summed E-state index contributed by atoms with van der Waals surface area (Å²) in [6.07, 6.45) is 5.43. The largest absolute Gasteiger partial charge is 0.481 e. The lowest BCUT2D eigenvalue weighted by Crippen LogP contribution is -2.52. The Bertz CT molecular complexity index is 602. The standard InChI is InChI=1S/C20H32N4O3/c1-3-12-27-18-6-4-15(13-17(18)21)20(25)24-10-8-23(9-11-24)16-5-7-19(26-2)22-14-16/h5,7,14-15,17-18H,3-4,6,8-13,21H2,1-2H3/t15-,17+,18+/m0/s1. The molecular formula is C20H32N4O3. The van der Waals surface area contributed by atoms with Crippen molar-refractivity contribution in [2.45, 2.75) is 44.8 Å². The second-order valence-corrected chi connectivity index (χ2v) is 7.45. The average molecular weight is 377 g/mol. The van der Waals surface area contributed by atoms with Crippen molar-refractivity contribution >= 4 is 11.6 Å². The van der Waals surface area contributed by atoms with Gasteiger partial charge in [0, 0.05) is 50.8 Å². The molecule has 1 aromatic heterocycles. The fourth-order valence-electron chi connectivity index (χ4n) is 4.00. The Balaban J connectivity index is 1.48. The first-order chi connectivity index (χ1) is 13.1. The van der Waals surface area contributed by atoms with Gasteiger partial charge in [-0.2, -0.15) is 0 Å². The van der Waals surface area contributed by atoms with Crippen molar-refractivity contribution in [3.8, 4) is 5.88 Å². The van der Waals surface area contributed by atoms with E-state index in [0.717, 1.165) is 64.2 Å². The van der Waals surface area contributed by atoms with E-state index in [1.165, 1.54) is 0 Å². The molecule has 0 aromatic carbocycles. The number of ether oxygens (including phenoxy) is 2. The first-order valence-corrected chi connectivity index (χ1v) is 10.0. The third-order valence-corrected chi connectivity index (χ3v) is 5.61. The molecule has 1 aliphatic heterocycles. The summed E-state index contributed by atoms with van der Waals surface area (Å²) in [4.78, 5) is 21.5. The number of aromatic nitrogens is 1. The summed E-state index contributed by atoms with van der Waals surface area (Å²) >= 11 is 0. The van der Waals surface area contributed by atoms with Crippen molar-refractivity contribution in [3.63, 3.8) is 0 Å². The number of nitrogens with two attached hydrogens (primary N) is 1. The van der Waals surface area contributed by atoms with Gasteiger partial charge in [0.1, 0.15) is 0 Å². The number of pyridine rings is 1. The molecule has 27 heavy (non-hydrogen) atoms. The van der Waals surface area contributed by atoms with Gasteiger partial charge in [0.05, 0.1) is 25.1 Å². The summed E-state index contributed by atoms with van der Waals surface area (Å²) in [6, 6.07) is 3.85. The Kier molecular flexibility index (Phi) is 6.90. The van der Waals surface area contributed by atoms with E-state index in [1.54, 1.807) is 7.11 Å². The van der Waals surface area contributed by atoms with Crippen LogP contribution in [0.1, 0.15) is 32.6 Å². The van der Waals surface area contributed by atoms with Crippen LogP contribution in [0, 0.1) is 5.92 Å². The van der Waals surface area contributed by atoms with Gasteiger partial charge in [0.25, 0.3) is 0 Å². The SMILES string of the molecule is CCCO[C@@H]1CC[C@H](C(=O)N2CCN(c3ccc(OC)nc3)CC2)C[C@H]1N. The van der Waals surface area contributed by atoms with E-state index >= 15 is 0 Å². The van der Waals surface area contributed by atoms with Gasteiger partial charge in [0.2, 0.25) is 11.8 Å². The molecule has 3 atom stereocenters. The van der Waals surface area contributed by atoms with Gasteiger partial charge in [-0.25, -0.2) is 4.98 Å². The van der Waals surface area contributed by atoms with Gasteiger partial charge in [-0.1, -0.05) is 6.92 Å². The summed E-state index contributed by atoms with van der Waals surface area (Å²) in [5, 5.41) is 0. The number of hydrogen-bond acceptors (Lipinski definition) is 6. The number of piperazine rings is 1. The number of anilines is 1. The minimum atomic E-state index is -0.0362. The van der Waals surface area contributed by atoms with Crippen LogP contribution in [0.4, 0.5) is 5.69 Å². The van der Waals surface area contributed by atoms with Gasteiger partial charge in [-0.3, -0.25) is 4.79 Å². The van der Waals surface area contributed by atoms with E-state index in [9.17, 15) is 4.79 Å². The van der Waals surface area contributed by atoms with E-state index in [1.807, 2.05) is 23.2 Å². The van der Waals surface area contributed by atoms with Crippen LogP contribution in [-0.4, -0.2) is 67.8 Å². The third-order valence-electron chi connectivity index (χ3n) is 5.61. The molecule has 0 unspecified atom stereocenters. The maximum atomic E-state index is 12.9. The number of carbonyl (C=O) groups excluding carboxylic acids is 1. The zero-order valence-electron chi connectivity index (χ0n) is 16.5. The lowest BCUT2D eigenvalue weighted by atomic mass is 9.83. The summed E-state index contributed by atoms with van der Waals surface area (Å²) in [6.45, 7) is 5.97. The van der Waals surface area contributed by atoms with Crippen molar-refractivity contribution in [2.75, 3.05) is 44.8 Å². The molecule has 0 spiro atoms. The topological polar surface area (TPSA) is 80.9 Å². The molecule has 2 N–H and O–H groups in total. The van der Waals surface area contributed by atoms with Crippen molar-refractivity contribution in [1.29, 1.82) is 0 Å². The maximum absolute atomic E-state index is 12.9. The molecule has 1 saturated heterocycles. The van der Waals surface area contributed by atoms with E-state index < -0.39 is 0 Å². The molecule has 1 saturated carbocycles. The Hall–Kier alpha value is -1.86. The molecule has 1 aromatic rings. The van der Waals surface area contributed by atoms with Gasteiger partial charge in [-0.05, 0) is 31.7 Å². The lowest BCUT2D eigenvalue weighted by Gasteiger charge is -2.40. The molecule has 3 rings (SSSR count). The minimum absolute atomic E-state index is 0.0362. The van der Waals surface area contributed by atoms with Crippen LogP contribution < -0.4 is 15.4 Å². The van der Waals surface area contributed by atoms with E-state index in [0.29, 0.717) is 5.88 Å². The lowest BCUT2D eigenvalue weighted by molar-refractivity contribution is -0.138. The fourth-order valence-corrected chi connectivity index (χ4v) is 4.00. The van der Waals surface area contributed by atoms with Crippen LogP contribution in [0.25, 0.3) is 0 Å². The predicted octanol–water partition coefficient (Wildman–Crippen LogP) is 1.66. The Morgan fingerprint density at radius 1 is 1.26 bits per heavy atom. The molecule has 1 aliphatic carbocycles. The average Bonchev–Trinajstić information content (AvgIpc) is 2.72. The van der Waals surface area contributed by atoms with E-state index in [2.05, 4.69) is 16.8 Å². The molecule has 7 heteroatoms. The van der Waals surface area contributed by atoms with Crippen molar-refractivity contribution in [2.24, 2.45) is 11.7 Å². The molecule has 0 bridgehead atoms. The Labute approximate surface area is 161 Å². The molecular weight excluding hydrogens is 344 g/mol. The summed E-state index contributed by atoms with van der Waals surface area (Å²) in [5.74, 6) is 0.907. The first-order valence-electron chi connectivity index (χ1n) is 10.0. The van der Waals surface area contributed by atoms with Gasteiger partial charge in [-0.15, -0.1) is 0 Å².